The van der Waals surface area contributed by atoms with E-state index in [9.17, 15) is 10.1 Å². The zero-order chi connectivity index (χ0) is 16.0. The van der Waals surface area contributed by atoms with Crippen molar-refractivity contribution in [3.8, 4) is 0 Å². The average Bonchev–Trinajstić information content (AvgIpc) is 3.04. The number of benzene rings is 2. The second-order valence-corrected chi connectivity index (χ2v) is 6.36. The van der Waals surface area contributed by atoms with Crippen molar-refractivity contribution >= 4 is 11.4 Å². The monoisotopic (exact) mass is 306 g/mol. The van der Waals surface area contributed by atoms with E-state index in [1.807, 2.05) is 12.1 Å². The number of nitrogens with one attached hydrogen (secondary N) is 1. The fraction of sp³-hybridized carbons (Fsp3) is 0.263. The maximum absolute atomic E-state index is 10.9. The minimum absolute atomic E-state index is 0.141. The maximum atomic E-state index is 10.9. The van der Waals surface area contributed by atoms with Crippen molar-refractivity contribution < 1.29 is 4.92 Å². The van der Waals surface area contributed by atoms with Crippen LogP contribution in [0.1, 0.15) is 35.1 Å². The van der Waals surface area contributed by atoms with E-state index in [-0.39, 0.29) is 16.7 Å². The van der Waals surface area contributed by atoms with Gasteiger partial charge in [0.15, 0.2) is 0 Å². The number of nitrogens with zero attached hydrogens (tertiary/aromatic N) is 1. The molecule has 2 aromatic carbocycles. The Kier molecular flexibility index (Phi) is 3.18. The quantitative estimate of drug-likeness (QED) is 0.496. The fourth-order valence-electron chi connectivity index (χ4n) is 3.91. The van der Waals surface area contributed by atoms with E-state index in [0.29, 0.717) is 11.8 Å². The molecule has 3 atom stereocenters. The Bertz CT molecular complexity index is 796. The summed E-state index contributed by atoms with van der Waals surface area (Å²) in [6.45, 7) is 2.12. The molecule has 0 spiro atoms. The van der Waals surface area contributed by atoms with Gasteiger partial charge in [-0.1, -0.05) is 42.5 Å². The van der Waals surface area contributed by atoms with Crippen LogP contribution in [0.2, 0.25) is 0 Å². The molecule has 0 saturated heterocycles. The van der Waals surface area contributed by atoms with Crippen molar-refractivity contribution in [2.24, 2.45) is 5.92 Å². The highest BCUT2D eigenvalue weighted by molar-refractivity contribution is 5.64. The number of aryl methyl sites for hydroxylation is 1. The summed E-state index contributed by atoms with van der Waals surface area (Å²) in [7, 11) is 0. The molecule has 4 rings (SSSR count). The lowest BCUT2D eigenvalue weighted by atomic mass is 9.76. The van der Waals surface area contributed by atoms with Crippen LogP contribution < -0.4 is 5.32 Å². The largest absolute Gasteiger partial charge is 0.377 e. The first-order chi connectivity index (χ1) is 11.1. The minimum Gasteiger partial charge on any atom is -0.377 e. The number of hydrogen-bond donors (Lipinski definition) is 1. The molecule has 4 nitrogen and oxygen atoms in total. The summed E-state index contributed by atoms with van der Waals surface area (Å²) in [5, 5.41) is 14.6. The van der Waals surface area contributed by atoms with E-state index in [1.165, 1.54) is 16.8 Å². The number of para-hydroxylation sites is 1. The Morgan fingerprint density at radius 3 is 2.70 bits per heavy atom. The highest BCUT2D eigenvalue weighted by Crippen LogP contribution is 2.50. The maximum Gasteiger partial charge on any atom is 0.269 e. The predicted octanol–water partition coefficient (Wildman–Crippen LogP) is 4.73. The second kappa shape index (κ2) is 5.23. The standard InChI is InChI=1S/C19H18N2O2/c1-12-4-2-6-16-15-5-3-7-17(15)19(20-18(12)16)13-8-10-14(11-9-13)21(22)23/h2-6,8-11,15,17,19-20H,7H2,1H3/t15-,17-,19-/m1/s1. The topological polar surface area (TPSA) is 55.2 Å². The molecule has 0 bridgehead atoms. The van der Waals surface area contributed by atoms with Gasteiger partial charge < -0.3 is 5.32 Å². The van der Waals surface area contributed by atoms with Crippen molar-refractivity contribution in [1.29, 1.82) is 0 Å². The van der Waals surface area contributed by atoms with Crippen molar-refractivity contribution in [2.75, 3.05) is 5.32 Å². The molecule has 1 heterocycles. The Hall–Kier alpha value is -2.62. The van der Waals surface area contributed by atoms with Gasteiger partial charge in [-0.2, -0.15) is 0 Å². The van der Waals surface area contributed by atoms with Gasteiger partial charge in [0, 0.05) is 23.7 Å². The Morgan fingerprint density at radius 2 is 1.96 bits per heavy atom. The normalized spacial score (nSPS) is 24.7. The molecule has 0 aromatic heterocycles. The molecule has 0 saturated carbocycles. The van der Waals surface area contributed by atoms with Crippen LogP contribution in [0.5, 0.6) is 0 Å². The third-order valence-corrected chi connectivity index (χ3v) is 5.07. The third kappa shape index (κ3) is 2.22. The van der Waals surface area contributed by atoms with E-state index in [1.54, 1.807) is 12.1 Å². The Labute approximate surface area is 135 Å². The number of anilines is 1. The summed E-state index contributed by atoms with van der Waals surface area (Å²) < 4.78 is 0. The van der Waals surface area contributed by atoms with Crippen molar-refractivity contribution in [3.63, 3.8) is 0 Å². The van der Waals surface area contributed by atoms with Crippen LogP contribution in [0, 0.1) is 23.0 Å². The lowest BCUT2D eigenvalue weighted by Crippen LogP contribution is -2.29. The molecule has 116 valence electrons. The first-order valence-corrected chi connectivity index (χ1v) is 7.92. The fourth-order valence-corrected chi connectivity index (χ4v) is 3.91. The van der Waals surface area contributed by atoms with E-state index in [0.717, 1.165) is 12.0 Å². The van der Waals surface area contributed by atoms with Crippen LogP contribution >= 0.6 is 0 Å². The molecule has 2 aliphatic rings. The first-order valence-electron chi connectivity index (χ1n) is 7.92. The number of fused-ring (bicyclic) bond motifs is 3. The number of hydrogen-bond acceptors (Lipinski definition) is 3. The molecule has 23 heavy (non-hydrogen) atoms. The van der Waals surface area contributed by atoms with E-state index in [2.05, 4.69) is 42.6 Å². The summed E-state index contributed by atoms with van der Waals surface area (Å²) in [6, 6.07) is 13.6. The SMILES string of the molecule is Cc1cccc2c1N[C@H](c1ccc([N+](=O)[O-])cc1)[C@@H]1CC=C[C@H]21. The smallest absolute Gasteiger partial charge is 0.269 e. The predicted molar refractivity (Wildman–Crippen MR) is 90.6 cm³/mol. The number of nitro groups is 1. The van der Waals surface area contributed by atoms with Gasteiger partial charge in [-0.05, 0) is 36.0 Å². The molecule has 0 amide bonds. The summed E-state index contributed by atoms with van der Waals surface area (Å²) in [6.07, 6.45) is 5.60. The molecule has 1 N–H and O–H groups in total. The lowest BCUT2D eigenvalue weighted by Gasteiger charge is -2.38. The van der Waals surface area contributed by atoms with E-state index >= 15 is 0 Å². The molecular formula is C19H18N2O2. The molecule has 0 unspecified atom stereocenters. The van der Waals surface area contributed by atoms with Gasteiger partial charge in [0.05, 0.1) is 11.0 Å². The van der Waals surface area contributed by atoms with Crippen LogP contribution in [-0.2, 0) is 0 Å². The van der Waals surface area contributed by atoms with Crippen LogP contribution in [0.4, 0.5) is 11.4 Å². The van der Waals surface area contributed by atoms with Gasteiger partial charge in [-0.25, -0.2) is 0 Å². The van der Waals surface area contributed by atoms with Gasteiger partial charge >= 0.3 is 0 Å². The molecule has 1 aliphatic carbocycles. The van der Waals surface area contributed by atoms with Crippen LogP contribution in [-0.4, -0.2) is 4.92 Å². The van der Waals surface area contributed by atoms with Gasteiger partial charge in [0.1, 0.15) is 0 Å². The van der Waals surface area contributed by atoms with Crippen molar-refractivity contribution in [2.45, 2.75) is 25.3 Å². The molecular weight excluding hydrogens is 288 g/mol. The zero-order valence-corrected chi connectivity index (χ0v) is 12.9. The van der Waals surface area contributed by atoms with E-state index in [4.69, 9.17) is 0 Å². The van der Waals surface area contributed by atoms with Gasteiger partial charge in [-0.3, -0.25) is 10.1 Å². The average molecular weight is 306 g/mol. The van der Waals surface area contributed by atoms with E-state index < -0.39 is 0 Å². The number of allylic oxidation sites excluding steroid dienone is 2. The molecule has 0 radical (unpaired) electrons. The van der Waals surface area contributed by atoms with Crippen LogP contribution in [0.3, 0.4) is 0 Å². The van der Waals surface area contributed by atoms with Gasteiger partial charge in [-0.15, -0.1) is 0 Å². The van der Waals surface area contributed by atoms with Crippen LogP contribution in [0.15, 0.2) is 54.6 Å². The third-order valence-electron chi connectivity index (χ3n) is 5.07. The first kappa shape index (κ1) is 14.0. The number of rotatable bonds is 2. The zero-order valence-electron chi connectivity index (χ0n) is 12.9. The highest BCUT2D eigenvalue weighted by atomic mass is 16.6. The second-order valence-electron chi connectivity index (χ2n) is 6.36. The highest BCUT2D eigenvalue weighted by Gasteiger charge is 2.38. The summed E-state index contributed by atoms with van der Waals surface area (Å²) in [5.74, 6) is 0.886. The van der Waals surface area contributed by atoms with Gasteiger partial charge in [0.25, 0.3) is 5.69 Å². The summed E-state index contributed by atoms with van der Waals surface area (Å²) in [5.41, 5.74) is 5.07. The summed E-state index contributed by atoms with van der Waals surface area (Å²) >= 11 is 0. The molecule has 1 aliphatic heterocycles. The molecule has 4 heteroatoms. The molecule has 2 aromatic rings. The Balaban J connectivity index is 1.75. The summed E-state index contributed by atoms with van der Waals surface area (Å²) in [4.78, 5) is 10.5. The minimum atomic E-state index is -0.350. The van der Waals surface area contributed by atoms with Crippen LogP contribution in [0.25, 0.3) is 0 Å². The number of non-ortho nitro benzene ring substituents is 1. The number of nitro benzene ring substituents is 1. The van der Waals surface area contributed by atoms with Crippen molar-refractivity contribution in [3.05, 3.63) is 81.4 Å². The Morgan fingerprint density at radius 1 is 1.17 bits per heavy atom. The van der Waals surface area contributed by atoms with Crippen molar-refractivity contribution in [1.82, 2.24) is 0 Å². The van der Waals surface area contributed by atoms with Gasteiger partial charge in [0.2, 0.25) is 0 Å². The lowest BCUT2D eigenvalue weighted by molar-refractivity contribution is -0.384. The molecule has 0 fully saturated rings.